The summed E-state index contributed by atoms with van der Waals surface area (Å²) in [6, 6.07) is 0. The number of carboxylic acids is 1. The Labute approximate surface area is 113 Å². The summed E-state index contributed by atoms with van der Waals surface area (Å²) < 4.78 is 6.39. The molecule has 0 unspecified atom stereocenters. The molecule has 0 saturated heterocycles. The van der Waals surface area contributed by atoms with Crippen molar-refractivity contribution in [2.75, 3.05) is 7.11 Å². The highest BCUT2D eigenvalue weighted by Crippen LogP contribution is 2.23. The number of carbonyl (C=O) groups is 1. The predicted molar refractivity (Wildman–Crippen MR) is 66.6 cm³/mol. The molecule has 2 aromatic rings. The van der Waals surface area contributed by atoms with Crippen molar-refractivity contribution in [3.05, 3.63) is 16.4 Å². The highest BCUT2D eigenvalue weighted by molar-refractivity contribution is 7.13. The lowest BCUT2D eigenvalue weighted by molar-refractivity contribution is 0.0688. The van der Waals surface area contributed by atoms with Crippen LogP contribution >= 0.6 is 11.3 Å². The third-order valence-electron chi connectivity index (χ3n) is 2.36. The van der Waals surface area contributed by atoms with Crippen LogP contribution < -0.4 is 0 Å². The zero-order chi connectivity index (χ0) is 14.0. The molecule has 8 nitrogen and oxygen atoms in total. The molecule has 0 fully saturated rings. The highest BCUT2D eigenvalue weighted by Gasteiger charge is 2.24. The second-order valence-electron chi connectivity index (χ2n) is 4.11. The first kappa shape index (κ1) is 13.6. The third-order valence-corrected chi connectivity index (χ3v) is 3.23. The summed E-state index contributed by atoms with van der Waals surface area (Å²) >= 11 is 1.29. The van der Waals surface area contributed by atoms with E-state index in [4.69, 9.17) is 9.84 Å². The van der Waals surface area contributed by atoms with E-state index in [2.05, 4.69) is 20.5 Å². The molecule has 0 bridgehead atoms. The van der Waals surface area contributed by atoms with Crippen molar-refractivity contribution in [2.24, 2.45) is 0 Å². The summed E-state index contributed by atoms with van der Waals surface area (Å²) in [5.74, 6) is -1.15. The lowest BCUT2D eigenvalue weighted by atomic mass is 10.1. The van der Waals surface area contributed by atoms with Gasteiger partial charge in [-0.2, -0.15) is 4.68 Å². The van der Waals surface area contributed by atoms with Crippen LogP contribution in [0.15, 0.2) is 0 Å². The number of carboxylic acid groups (broad SMARTS) is 1. The van der Waals surface area contributed by atoms with Gasteiger partial charge in [0.05, 0.1) is 5.69 Å². The average molecular weight is 283 g/mol. The molecule has 0 saturated carbocycles. The SMILES string of the molecule is COCc1nnc(-n2nnc(C(=O)O)c2C(C)C)s1. The van der Waals surface area contributed by atoms with Gasteiger partial charge in [-0.1, -0.05) is 30.4 Å². The quantitative estimate of drug-likeness (QED) is 0.875. The highest BCUT2D eigenvalue weighted by atomic mass is 32.1. The van der Waals surface area contributed by atoms with Crippen LogP contribution in [-0.4, -0.2) is 43.4 Å². The van der Waals surface area contributed by atoms with Crippen LogP contribution in [0.5, 0.6) is 0 Å². The molecule has 102 valence electrons. The minimum absolute atomic E-state index is 0.0455. The maximum absolute atomic E-state index is 11.1. The zero-order valence-corrected chi connectivity index (χ0v) is 11.5. The molecule has 0 aromatic carbocycles. The van der Waals surface area contributed by atoms with Gasteiger partial charge in [0, 0.05) is 7.11 Å². The Morgan fingerprint density at radius 2 is 2.16 bits per heavy atom. The Morgan fingerprint density at radius 1 is 1.42 bits per heavy atom. The molecule has 1 N–H and O–H groups in total. The molecule has 0 radical (unpaired) electrons. The van der Waals surface area contributed by atoms with Crippen molar-refractivity contribution in [3.8, 4) is 5.13 Å². The van der Waals surface area contributed by atoms with Gasteiger partial charge < -0.3 is 9.84 Å². The molecule has 0 aliphatic rings. The van der Waals surface area contributed by atoms with Crippen molar-refractivity contribution in [3.63, 3.8) is 0 Å². The van der Waals surface area contributed by atoms with Crippen LogP contribution in [0.2, 0.25) is 0 Å². The van der Waals surface area contributed by atoms with E-state index < -0.39 is 5.97 Å². The molecule has 0 spiro atoms. The van der Waals surface area contributed by atoms with Crippen LogP contribution in [0.1, 0.15) is 41.0 Å². The van der Waals surface area contributed by atoms with Crippen LogP contribution in [-0.2, 0) is 11.3 Å². The summed E-state index contributed by atoms with van der Waals surface area (Å²) in [6.07, 6.45) is 0. The van der Waals surface area contributed by atoms with Gasteiger partial charge in [0.25, 0.3) is 0 Å². The number of hydrogen-bond acceptors (Lipinski definition) is 7. The average Bonchev–Trinajstić information content (AvgIpc) is 2.93. The maximum atomic E-state index is 11.1. The minimum atomic E-state index is -1.10. The Kier molecular flexibility index (Phi) is 3.86. The first-order valence-electron chi connectivity index (χ1n) is 5.55. The van der Waals surface area contributed by atoms with E-state index in [9.17, 15) is 4.79 Å². The number of hydrogen-bond donors (Lipinski definition) is 1. The largest absolute Gasteiger partial charge is 0.476 e. The van der Waals surface area contributed by atoms with Crippen LogP contribution in [0.3, 0.4) is 0 Å². The number of aromatic carboxylic acids is 1. The van der Waals surface area contributed by atoms with Crippen molar-refractivity contribution >= 4 is 17.3 Å². The van der Waals surface area contributed by atoms with Gasteiger partial charge in [-0.25, -0.2) is 4.79 Å². The van der Waals surface area contributed by atoms with E-state index >= 15 is 0 Å². The van der Waals surface area contributed by atoms with Crippen molar-refractivity contribution in [1.29, 1.82) is 0 Å². The van der Waals surface area contributed by atoms with Gasteiger partial charge in [0.15, 0.2) is 5.69 Å². The van der Waals surface area contributed by atoms with Crippen LogP contribution in [0, 0.1) is 0 Å². The Balaban J connectivity index is 2.46. The molecular formula is C10H13N5O3S. The summed E-state index contributed by atoms with van der Waals surface area (Å²) in [4.78, 5) is 11.1. The fraction of sp³-hybridized carbons (Fsp3) is 0.500. The van der Waals surface area contributed by atoms with Gasteiger partial charge in [-0.05, 0) is 5.92 Å². The second kappa shape index (κ2) is 5.41. The number of nitrogens with zero attached hydrogens (tertiary/aromatic N) is 5. The molecule has 0 aliphatic heterocycles. The van der Waals surface area contributed by atoms with E-state index in [1.54, 1.807) is 7.11 Å². The van der Waals surface area contributed by atoms with E-state index in [0.717, 1.165) is 0 Å². The van der Waals surface area contributed by atoms with E-state index in [0.29, 0.717) is 22.4 Å². The van der Waals surface area contributed by atoms with Gasteiger partial charge in [-0.15, -0.1) is 15.3 Å². The first-order valence-corrected chi connectivity index (χ1v) is 6.36. The molecule has 2 rings (SSSR count). The number of aromatic nitrogens is 5. The minimum Gasteiger partial charge on any atom is -0.476 e. The molecule has 2 heterocycles. The lowest BCUT2D eigenvalue weighted by Crippen LogP contribution is -2.08. The zero-order valence-electron chi connectivity index (χ0n) is 10.7. The Bertz CT molecular complexity index is 592. The molecule has 0 aliphatic carbocycles. The van der Waals surface area contributed by atoms with E-state index in [1.807, 2.05) is 13.8 Å². The van der Waals surface area contributed by atoms with Gasteiger partial charge in [0.2, 0.25) is 5.13 Å². The molecule has 9 heteroatoms. The summed E-state index contributed by atoms with van der Waals surface area (Å²) in [7, 11) is 1.57. The van der Waals surface area contributed by atoms with E-state index in [-0.39, 0.29) is 11.6 Å². The fourth-order valence-corrected chi connectivity index (χ4v) is 2.39. The van der Waals surface area contributed by atoms with Crippen molar-refractivity contribution in [2.45, 2.75) is 26.4 Å². The second-order valence-corrected chi connectivity index (χ2v) is 5.15. The van der Waals surface area contributed by atoms with Gasteiger partial charge >= 0.3 is 5.97 Å². The summed E-state index contributed by atoms with van der Waals surface area (Å²) in [5, 5.41) is 25.7. The Morgan fingerprint density at radius 3 is 2.74 bits per heavy atom. The predicted octanol–water partition coefficient (Wildman–Crippen LogP) is 1.09. The third kappa shape index (κ3) is 2.61. The monoisotopic (exact) mass is 283 g/mol. The molecule has 2 aromatic heterocycles. The molecule has 19 heavy (non-hydrogen) atoms. The number of rotatable bonds is 5. The summed E-state index contributed by atoms with van der Waals surface area (Å²) in [5.41, 5.74) is 0.450. The molecular weight excluding hydrogens is 270 g/mol. The maximum Gasteiger partial charge on any atom is 0.358 e. The number of methoxy groups -OCH3 is 1. The molecule has 0 atom stereocenters. The fourth-order valence-electron chi connectivity index (χ4n) is 1.61. The Hall–Kier alpha value is -1.87. The van der Waals surface area contributed by atoms with Crippen LogP contribution in [0.4, 0.5) is 0 Å². The smallest absolute Gasteiger partial charge is 0.358 e. The molecule has 0 amide bonds. The topological polar surface area (TPSA) is 103 Å². The first-order chi connectivity index (χ1) is 9.04. The number of ether oxygens (including phenoxy) is 1. The standard InChI is InChI=1S/C10H13N5O3S/c1-5(2)8-7(9(16)17)12-14-15(8)10-13-11-6(19-10)4-18-3/h5H,4H2,1-3H3,(H,16,17). The lowest BCUT2D eigenvalue weighted by Gasteiger charge is -2.06. The normalized spacial score (nSPS) is 11.2. The van der Waals surface area contributed by atoms with Crippen molar-refractivity contribution < 1.29 is 14.6 Å². The van der Waals surface area contributed by atoms with Gasteiger partial charge in [0.1, 0.15) is 11.6 Å². The van der Waals surface area contributed by atoms with E-state index in [1.165, 1.54) is 16.0 Å². The summed E-state index contributed by atoms with van der Waals surface area (Å²) in [6.45, 7) is 4.10. The van der Waals surface area contributed by atoms with Crippen LogP contribution in [0.25, 0.3) is 5.13 Å². The van der Waals surface area contributed by atoms with Gasteiger partial charge in [-0.3, -0.25) is 0 Å². The van der Waals surface area contributed by atoms with Crippen molar-refractivity contribution in [1.82, 2.24) is 25.2 Å².